The zero-order valence-corrected chi connectivity index (χ0v) is 40.7. The molecule has 2 amide bonds. The maximum Gasteiger partial charge on any atom is 0.256 e. The van der Waals surface area contributed by atoms with Crippen LogP contribution in [0.2, 0.25) is 0 Å². The smallest absolute Gasteiger partial charge is 0.256 e. The Kier molecular flexibility index (Phi) is 13.7. The summed E-state index contributed by atoms with van der Waals surface area (Å²) in [5.74, 6) is -3.25. The third-order valence-electron chi connectivity index (χ3n) is 12.3. The standard InChI is InChI=1S/C26H22F2N4O4S.C26H22F2N4O2S/c1-14-6-9-16(25(34)29-13-15-7-8-15)12-18(14)22-17-10-11-21(33)32(23-19(27)4-3-5-20(23)28)24(17)31-26(30-22)37(2,35)36;1-14-6-9-16(25(34)29-13-15-7-8-15)12-18(14)22-17-10-11-21(33)32(24(17)31-26(30-22)35-2)23-19(27)4-3-5-20(23)28/h3-6,9-12,15H,7-8,13H2,1-2H3,(H,29,34);3-6,9-12,15H,7-8,13H2,1-2H3,(H,29,34). The highest BCUT2D eigenvalue weighted by atomic mass is 32.2. The van der Waals surface area contributed by atoms with Gasteiger partial charge in [-0.15, -0.1) is 0 Å². The van der Waals surface area contributed by atoms with Crippen molar-refractivity contribution in [2.45, 2.75) is 49.8 Å². The van der Waals surface area contributed by atoms with Gasteiger partial charge >= 0.3 is 0 Å². The number of fused-ring (bicyclic) bond motifs is 2. The number of nitrogens with zero attached hydrogens (tertiary/aromatic N) is 6. The van der Waals surface area contributed by atoms with Crippen molar-refractivity contribution in [3.05, 3.63) is 163 Å². The van der Waals surface area contributed by atoms with Gasteiger partial charge in [0.1, 0.15) is 34.6 Å². The van der Waals surface area contributed by atoms with E-state index >= 15 is 0 Å². The predicted molar refractivity (Wildman–Crippen MR) is 265 cm³/mol. The quantitative estimate of drug-likeness (QED) is 0.0679. The zero-order valence-electron chi connectivity index (χ0n) is 39.1. The Bertz CT molecular complexity index is 3730. The molecule has 0 atom stereocenters. The van der Waals surface area contributed by atoms with Gasteiger partial charge in [-0.05, 0) is 129 Å². The molecule has 2 fully saturated rings. The molecule has 14 nitrogen and oxygen atoms in total. The van der Waals surface area contributed by atoms with Crippen LogP contribution in [0.3, 0.4) is 0 Å². The number of hydrogen-bond acceptors (Lipinski definition) is 11. The number of hydrogen-bond donors (Lipinski definition) is 2. The lowest BCUT2D eigenvalue weighted by Gasteiger charge is -2.16. The fourth-order valence-electron chi connectivity index (χ4n) is 8.05. The summed E-state index contributed by atoms with van der Waals surface area (Å²) >= 11 is 1.24. The first-order valence-corrected chi connectivity index (χ1v) is 25.8. The summed E-state index contributed by atoms with van der Waals surface area (Å²) in [4.78, 5) is 68.6. The van der Waals surface area contributed by atoms with Crippen molar-refractivity contribution in [2.24, 2.45) is 11.8 Å². The molecular weight excluding hydrogens is 973 g/mol. The SMILES string of the molecule is CSc1nc(-c2cc(C(=O)NCC3CC3)ccc2C)c2ccc(=O)n(-c3c(F)cccc3F)c2n1.Cc1ccc(C(=O)NCC2CC2)cc1-c1nc(S(C)(=O)=O)nc2c1ccc(=O)n2-c1c(F)cccc1F. The van der Waals surface area contributed by atoms with Crippen LogP contribution in [0.15, 0.2) is 117 Å². The summed E-state index contributed by atoms with van der Waals surface area (Å²) in [5, 5.41) is 6.15. The number of sulfone groups is 1. The number of para-hydroxylation sites is 2. The van der Waals surface area contributed by atoms with Crippen LogP contribution in [0.5, 0.6) is 0 Å². The predicted octanol–water partition coefficient (Wildman–Crippen LogP) is 8.47. The Morgan fingerprint density at radius 1 is 0.611 bits per heavy atom. The monoisotopic (exact) mass is 1020 g/mol. The lowest BCUT2D eigenvalue weighted by atomic mass is 9.99. The number of carbonyl (C=O) groups excluding carboxylic acids is 2. The van der Waals surface area contributed by atoms with Gasteiger partial charge in [-0.25, -0.2) is 40.9 Å². The Balaban J connectivity index is 0.000000178. The Labute approximate surface area is 413 Å². The van der Waals surface area contributed by atoms with Crippen LogP contribution in [-0.4, -0.2) is 74.9 Å². The summed E-state index contributed by atoms with van der Waals surface area (Å²) in [6.45, 7) is 4.86. The molecule has 0 radical (unpaired) electrons. The molecule has 0 saturated heterocycles. The van der Waals surface area contributed by atoms with E-state index in [9.17, 15) is 45.2 Å². The Hall–Kier alpha value is -7.58. The molecule has 0 bridgehead atoms. The molecule has 72 heavy (non-hydrogen) atoms. The van der Waals surface area contributed by atoms with Crippen molar-refractivity contribution in [1.82, 2.24) is 39.7 Å². The molecule has 10 rings (SSSR count). The second-order valence-electron chi connectivity index (χ2n) is 17.7. The van der Waals surface area contributed by atoms with Crippen molar-refractivity contribution < 1.29 is 35.6 Å². The Morgan fingerprint density at radius 2 is 1.03 bits per heavy atom. The van der Waals surface area contributed by atoms with E-state index in [0.29, 0.717) is 73.5 Å². The minimum atomic E-state index is -4.01. The van der Waals surface area contributed by atoms with Crippen molar-refractivity contribution in [1.29, 1.82) is 0 Å². The van der Waals surface area contributed by atoms with Crippen molar-refractivity contribution in [3.8, 4) is 33.9 Å². The van der Waals surface area contributed by atoms with E-state index in [0.717, 1.165) is 78.5 Å². The number of aromatic nitrogens is 6. The molecule has 20 heteroatoms. The number of aryl methyl sites for hydroxylation is 2. The highest BCUT2D eigenvalue weighted by Gasteiger charge is 2.27. The van der Waals surface area contributed by atoms with E-state index in [1.54, 1.807) is 49.6 Å². The minimum Gasteiger partial charge on any atom is -0.352 e. The van der Waals surface area contributed by atoms with Crippen LogP contribution in [-0.2, 0) is 9.84 Å². The maximum absolute atomic E-state index is 14.7. The summed E-state index contributed by atoms with van der Waals surface area (Å²) in [7, 11) is -4.01. The number of pyridine rings is 2. The molecule has 0 spiro atoms. The molecule has 2 saturated carbocycles. The highest BCUT2D eigenvalue weighted by Crippen LogP contribution is 2.35. The summed E-state index contributed by atoms with van der Waals surface area (Å²) < 4.78 is 85.5. The molecule has 8 aromatic rings. The molecule has 4 heterocycles. The van der Waals surface area contributed by atoms with E-state index < -0.39 is 60.8 Å². The van der Waals surface area contributed by atoms with Gasteiger partial charge in [0.2, 0.25) is 15.0 Å². The fourth-order valence-corrected chi connectivity index (χ4v) is 8.92. The van der Waals surface area contributed by atoms with Gasteiger partial charge in [0.05, 0.1) is 11.4 Å². The molecule has 2 N–H and O–H groups in total. The van der Waals surface area contributed by atoms with Gasteiger partial charge in [0.15, 0.2) is 16.5 Å². The van der Waals surface area contributed by atoms with Gasteiger partial charge < -0.3 is 10.6 Å². The van der Waals surface area contributed by atoms with Gasteiger partial charge in [0.25, 0.3) is 22.9 Å². The third-order valence-corrected chi connectivity index (χ3v) is 13.7. The van der Waals surface area contributed by atoms with E-state index in [1.807, 2.05) is 13.0 Å². The second kappa shape index (κ2) is 19.9. The van der Waals surface area contributed by atoms with Gasteiger partial charge in [0, 0.05) is 64.5 Å². The van der Waals surface area contributed by atoms with E-state index in [4.69, 9.17) is 0 Å². The number of thioether (sulfide) groups is 1. The summed E-state index contributed by atoms with van der Waals surface area (Å²) in [6.07, 6.45) is 7.08. The number of rotatable bonds is 12. The van der Waals surface area contributed by atoms with Gasteiger partial charge in [-0.3, -0.25) is 28.3 Å². The van der Waals surface area contributed by atoms with Crippen LogP contribution >= 0.6 is 11.8 Å². The fraction of sp³-hybridized carbons (Fsp3) is 0.231. The zero-order chi connectivity index (χ0) is 51.2. The van der Waals surface area contributed by atoms with Crippen LogP contribution in [0, 0.1) is 49.0 Å². The molecule has 0 aliphatic heterocycles. The molecule has 4 aromatic carbocycles. The number of benzene rings is 4. The highest BCUT2D eigenvalue weighted by molar-refractivity contribution is 7.98. The van der Waals surface area contributed by atoms with Crippen molar-refractivity contribution in [3.63, 3.8) is 0 Å². The van der Waals surface area contributed by atoms with Crippen molar-refractivity contribution >= 4 is 55.5 Å². The summed E-state index contributed by atoms with van der Waals surface area (Å²) in [5.41, 5.74) is 1.17. The first kappa shape index (κ1) is 49.4. The van der Waals surface area contributed by atoms with Crippen molar-refractivity contribution in [2.75, 3.05) is 25.6 Å². The topological polar surface area (TPSA) is 188 Å². The first-order valence-electron chi connectivity index (χ1n) is 22.7. The second-order valence-corrected chi connectivity index (χ2v) is 20.4. The number of nitrogens with one attached hydrogen (secondary N) is 2. The molecule has 0 unspecified atom stereocenters. The minimum absolute atomic E-state index is 0.0823. The van der Waals surface area contributed by atoms with E-state index in [1.165, 1.54) is 30.0 Å². The molecule has 368 valence electrons. The van der Waals surface area contributed by atoms with E-state index in [2.05, 4.69) is 30.6 Å². The normalized spacial score (nSPS) is 13.4. The number of amides is 2. The molecular formula is C52H44F4N8O6S2. The lowest BCUT2D eigenvalue weighted by molar-refractivity contribution is 0.0943. The summed E-state index contributed by atoms with van der Waals surface area (Å²) in [6, 6.07) is 22.0. The molecule has 2 aliphatic carbocycles. The first-order chi connectivity index (χ1) is 34.4. The van der Waals surface area contributed by atoms with Crippen LogP contribution in [0.4, 0.5) is 17.6 Å². The average molecular weight is 1020 g/mol. The number of carbonyl (C=O) groups is 2. The third kappa shape index (κ3) is 10.1. The van der Waals surface area contributed by atoms with Gasteiger partial charge in [-0.2, -0.15) is 4.98 Å². The number of halogens is 4. The maximum atomic E-state index is 14.7. The van der Waals surface area contributed by atoms with Crippen LogP contribution in [0.25, 0.3) is 56.0 Å². The molecule has 4 aromatic heterocycles. The largest absolute Gasteiger partial charge is 0.352 e. The van der Waals surface area contributed by atoms with Gasteiger partial charge in [-0.1, -0.05) is 36.0 Å². The average Bonchev–Trinajstić information content (AvgIpc) is 4.30. The van der Waals surface area contributed by atoms with E-state index in [-0.39, 0.29) is 34.2 Å². The van der Waals surface area contributed by atoms with Crippen LogP contribution in [0.1, 0.15) is 57.5 Å². The molecule has 2 aliphatic rings. The Morgan fingerprint density at radius 3 is 1.43 bits per heavy atom. The lowest BCUT2D eigenvalue weighted by Crippen LogP contribution is -2.25. The van der Waals surface area contributed by atoms with Crippen LogP contribution < -0.4 is 21.8 Å².